The van der Waals surface area contributed by atoms with Crippen molar-refractivity contribution in [3.63, 3.8) is 0 Å². The maximum atomic E-state index is 12.7. The average Bonchev–Trinajstić information content (AvgIpc) is 3.14. The van der Waals surface area contributed by atoms with Gasteiger partial charge in [-0.25, -0.2) is 24.0 Å². The second-order valence-corrected chi connectivity index (χ2v) is 12.7. The number of ether oxygens (including phenoxy) is 3. The van der Waals surface area contributed by atoms with Crippen molar-refractivity contribution in [1.29, 1.82) is 0 Å². The van der Waals surface area contributed by atoms with Crippen LogP contribution in [0.15, 0.2) is 0 Å². The summed E-state index contributed by atoms with van der Waals surface area (Å²) in [6, 6.07) is 0. The number of hydrogen-bond acceptors (Lipinski definition) is 24. The molecule has 0 spiro atoms. The maximum absolute atomic E-state index is 12.7. The molecule has 0 aliphatic rings. The SMILES string of the molecule is O=C(O)CC(OC(=O)C(OC(=O)[C@H](O)[C@@H](O)[C@H](O)[C@H](O)C(O)CO)C(OC(=O)CC(O)(CC(=O)O)C(=O)O)C(=O)O)C(=O)O.O=C(O)CN(CCN(CC(=O)O)CC(=O)O)CC(=O)O. The Morgan fingerprint density at radius 3 is 1.25 bits per heavy atom. The molecule has 16 N–H and O–H groups in total. The van der Waals surface area contributed by atoms with E-state index >= 15 is 0 Å². The quantitative estimate of drug-likeness (QED) is 0.0227. The third-order valence-corrected chi connectivity index (χ3v) is 7.44. The molecular formula is C31H44N2O31. The molecule has 0 fully saturated rings. The third kappa shape index (κ3) is 22.9. The van der Waals surface area contributed by atoms with E-state index in [1.54, 1.807) is 0 Å². The monoisotopic (exact) mass is 940 g/mol. The molecule has 0 heterocycles. The first-order valence-electron chi connectivity index (χ1n) is 17.1. The van der Waals surface area contributed by atoms with E-state index in [1.807, 2.05) is 0 Å². The number of aliphatic hydroxyl groups is 7. The molecular weight excluding hydrogens is 896 g/mol. The molecule has 33 heteroatoms. The lowest BCUT2D eigenvalue weighted by Crippen LogP contribution is -2.54. The lowest BCUT2D eigenvalue weighted by molar-refractivity contribution is -0.203. The Morgan fingerprint density at radius 1 is 0.484 bits per heavy atom. The van der Waals surface area contributed by atoms with E-state index in [2.05, 4.69) is 14.2 Å². The van der Waals surface area contributed by atoms with Crippen LogP contribution in [-0.2, 0) is 71.7 Å². The predicted octanol–water partition coefficient (Wildman–Crippen LogP) is -9.23. The highest BCUT2D eigenvalue weighted by molar-refractivity contribution is 5.92. The number of carboxylic acid groups (broad SMARTS) is 9. The number of aliphatic carboxylic acids is 9. The zero-order valence-corrected chi connectivity index (χ0v) is 32.4. The van der Waals surface area contributed by atoms with E-state index in [0.29, 0.717) is 0 Å². The Balaban J connectivity index is 0. The van der Waals surface area contributed by atoms with Gasteiger partial charge >= 0.3 is 71.6 Å². The van der Waals surface area contributed by atoms with Gasteiger partial charge in [0, 0.05) is 13.1 Å². The minimum atomic E-state index is -3.44. The number of carbonyl (C=O) groups is 12. The van der Waals surface area contributed by atoms with Crippen LogP contribution in [0.2, 0.25) is 0 Å². The van der Waals surface area contributed by atoms with Crippen LogP contribution in [0.1, 0.15) is 19.3 Å². The second-order valence-electron chi connectivity index (χ2n) is 12.7. The van der Waals surface area contributed by atoms with Crippen molar-refractivity contribution in [3.8, 4) is 0 Å². The highest BCUT2D eigenvalue weighted by atomic mass is 16.6. The van der Waals surface area contributed by atoms with Gasteiger partial charge in [-0.1, -0.05) is 0 Å². The minimum absolute atomic E-state index is 0.0703. The molecule has 0 radical (unpaired) electrons. The van der Waals surface area contributed by atoms with Crippen LogP contribution in [0.5, 0.6) is 0 Å². The Hall–Kier alpha value is -6.72. The first-order valence-corrected chi connectivity index (χ1v) is 17.1. The van der Waals surface area contributed by atoms with E-state index in [4.69, 9.17) is 46.0 Å². The van der Waals surface area contributed by atoms with E-state index < -0.39 is 178 Å². The molecule has 0 rings (SSSR count). The molecule has 0 bridgehead atoms. The van der Waals surface area contributed by atoms with Gasteiger partial charge in [-0.2, -0.15) is 0 Å². The second kappa shape index (κ2) is 28.1. The van der Waals surface area contributed by atoms with Gasteiger partial charge in [-0.05, 0) is 0 Å². The number of esters is 3. The number of carboxylic acids is 9. The zero-order valence-electron chi connectivity index (χ0n) is 32.4. The number of rotatable bonds is 31. The molecule has 0 aliphatic carbocycles. The summed E-state index contributed by atoms with van der Waals surface area (Å²) < 4.78 is 13.0. The van der Waals surface area contributed by atoms with Gasteiger partial charge in [-0.3, -0.25) is 43.4 Å². The molecule has 0 aliphatic heterocycles. The van der Waals surface area contributed by atoms with E-state index in [9.17, 15) is 93.3 Å². The first kappa shape index (κ1) is 59.4. The number of hydrogen-bond donors (Lipinski definition) is 16. The van der Waals surface area contributed by atoms with Gasteiger partial charge in [0.2, 0.25) is 18.3 Å². The fourth-order valence-electron chi connectivity index (χ4n) is 4.44. The first-order chi connectivity index (χ1) is 29.3. The van der Waals surface area contributed by atoms with E-state index in [1.165, 1.54) is 0 Å². The van der Waals surface area contributed by atoms with Crippen molar-refractivity contribution in [3.05, 3.63) is 0 Å². The molecule has 0 aromatic rings. The maximum Gasteiger partial charge on any atom is 0.352 e. The summed E-state index contributed by atoms with van der Waals surface area (Å²) in [7, 11) is 0. The highest BCUT2D eigenvalue weighted by Crippen LogP contribution is 2.20. The molecule has 0 saturated heterocycles. The Bertz CT molecular complexity index is 1630. The predicted molar refractivity (Wildman–Crippen MR) is 187 cm³/mol. The van der Waals surface area contributed by atoms with Crippen LogP contribution >= 0.6 is 0 Å². The lowest BCUT2D eigenvalue weighted by atomic mass is 9.96. The molecule has 0 amide bonds. The van der Waals surface area contributed by atoms with Gasteiger partial charge in [0.15, 0.2) is 11.7 Å². The van der Waals surface area contributed by atoms with Gasteiger partial charge in [0.05, 0.1) is 52.0 Å². The Labute approximate surface area is 354 Å². The minimum Gasteiger partial charge on any atom is -0.481 e. The molecule has 64 heavy (non-hydrogen) atoms. The summed E-state index contributed by atoms with van der Waals surface area (Å²) in [5.41, 5.74) is -3.44. The molecule has 5 unspecified atom stereocenters. The molecule has 0 aromatic carbocycles. The van der Waals surface area contributed by atoms with Crippen molar-refractivity contribution >= 4 is 71.6 Å². The van der Waals surface area contributed by atoms with Crippen molar-refractivity contribution in [2.45, 2.75) is 73.7 Å². The largest absolute Gasteiger partial charge is 0.481 e. The molecule has 33 nitrogen and oxygen atoms in total. The van der Waals surface area contributed by atoms with Crippen LogP contribution in [0.25, 0.3) is 0 Å². The summed E-state index contributed by atoms with van der Waals surface area (Å²) in [6.45, 7) is -3.46. The van der Waals surface area contributed by atoms with E-state index in [-0.39, 0.29) is 13.1 Å². The lowest BCUT2D eigenvalue weighted by Gasteiger charge is -2.29. The van der Waals surface area contributed by atoms with Crippen LogP contribution in [0.3, 0.4) is 0 Å². The van der Waals surface area contributed by atoms with Crippen LogP contribution in [0, 0.1) is 0 Å². The van der Waals surface area contributed by atoms with E-state index in [0.717, 1.165) is 9.80 Å². The van der Waals surface area contributed by atoms with Gasteiger partial charge in [0.25, 0.3) is 0 Å². The molecule has 364 valence electrons. The van der Waals surface area contributed by atoms with Crippen LogP contribution < -0.4 is 0 Å². The smallest absolute Gasteiger partial charge is 0.352 e. The average molecular weight is 941 g/mol. The molecule has 0 saturated carbocycles. The normalized spacial score (nSPS) is 15.7. The molecule has 0 aromatic heterocycles. The Kier molecular flexibility index (Phi) is 26.0. The van der Waals surface area contributed by atoms with Gasteiger partial charge < -0.3 is 95.9 Å². The fourth-order valence-corrected chi connectivity index (χ4v) is 4.44. The van der Waals surface area contributed by atoms with Crippen molar-refractivity contribution in [2.24, 2.45) is 0 Å². The van der Waals surface area contributed by atoms with Crippen LogP contribution in [-0.4, -0.2) is 263 Å². The Morgan fingerprint density at radius 2 is 0.922 bits per heavy atom. The number of nitrogens with zero attached hydrogens (tertiary/aromatic N) is 2. The summed E-state index contributed by atoms with van der Waals surface area (Å²) in [6.07, 6.45) is -27.3. The zero-order chi connectivity index (χ0) is 50.4. The summed E-state index contributed by atoms with van der Waals surface area (Å²) in [4.78, 5) is 138. The topological polar surface area (TPSA) is 563 Å². The summed E-state index contributed by atoms with van der Waals surface area (Å²) >= 11 is 0. The summed E-state index contributed by atoms with van der Waals surface area (Å²) in [5.74, 6) is -22.5. The molecule has 9 atom stereocenters. The number of carbonyl (C=O) groups excluding carboxylic acids is 3. The van der Waals surface area contributed by atoms with Crippen molar-refractivity contribution in [1.82, 2.24) is 9.80 Å². The van der Waals surface area contributed by atoms with Crippen LogP contribution in [0.4, 0.5) is 0 Å². The third-order valence-electron chi connectivity index (χ3n) is 7.44. The van der Waals surface area contributed by atoms with Gasteiger partial charge in [-0.15, -0.1) is 0 Å². The fraction of sp³-hybridized carbons (Fsp3) is 0.613. The summed E-state index contributed by atoms with van der Waals surface area (Å²) in [5, 5.41) is 147. The standard InChI is InChI=1S/C21H28O23.C10H16N2O8/c22-4-5(23)10(29)11(30)12(31)13(32)18(37)44-15(19(38)42-6(16(33)34)1-7(24)25)14(17(35)36)43-9(28)3-21(41,20(39)40)2-8(26)27;13-7(14)3-11(4-8(15)16)1-2-12(5-9(17)18)6-10(19)20/h5-6,10-15,22-23,29-32,41H,1-4H2,(H,24,25)(H,26,27)(H,33,34)(H,35,36)(H,39,40);1-6H2,(H,13,14)(H,15,16)(H,17,18)(H,19,20)/t5?,6?,10-,11-,12+,13-,14?,15?,21?;/m1./s1. The van der Waals surface area contributed by atoms with Gasteiger partial charge in [0.1, 0.15) is 24.4 Å². The van der Waals surface area contributed by atoms with Crippen molar-refractivity contribution < 1.29 is 153 Å². The highest BCUT2D eigenvalue weighted by Gasteiger charge is 2.48. The van der Waals surface area contributed by atoms with Crippen molar-refractivity contribution in [2.75, 3.05) is 45.9 Å². The number of aliphatic hydroxyl groups excluding tert-OH is 6.